The molecule has 1 aliphatic rings. The normalized spacial score (nSPS) is 11.7. The predicted molar refractivity (Wildman–Crippen MR) is 117 cm³/mol. The Morgan fingerprint density at radius 2 is 1.12 bits per heavy atom. The quantitative estimate of drug-likeness (QED) is 0.265. The largest absolute Gasteiger partial charge is 0.383 e. The van der Waals surface area contributed by atoms with E-state index in [0.29, 0.717) is 37.6 Å². The number of aromatic nitrogens is 2. The Balaban J connectivity index is 1.87. The van der Waals surface area contributed by atoms with Crippen LogP contribution in [-0.2, 0) is 0 Å². The van der Waals surface area contributed by atoms with Gasteiger partial charge in [0.25, 0.3) is 0 Å². The lowest BCUT2D eigenvalue weighted by Gasteiger charge is -2.23. The van der Waals surface area contributed by atoms with Gasteiger partial charge in [-0.2, -0.15) is 10.2 Å². The molecule has 12 nitrogen and oxygen atoms in total. The lowest BCUT2D eigenvalue weighted by atomic mass is 9.83. The van der Waals surface area contributed by atoms with Gasteiger partial charge in [-0.1, -0.05) is 0 Å². The molecule has 2 aromatic rings. The minimum Gasteiger partial charge on any atom is -0.383 e. The molecule has 168 valence electrons. The summed E-state index contributed by atoms with van der Waals surface area (Å²) in [6.45, 7) is 1.30. The number of hydrogen-bond acceptors (Lipinski definition) is 8. The fraction of sp³-hybridized carbons (Fsp3) is 0.300. The van der Waals surface area contributed by atoms with Crippen LogP contribution in [0.3, 0.4) is 0 Å². The van der Waals surface area contributed by atoms with E-state index in [1.165, 1.54) is 26.5 Å². The number of fused-ring (bicyclic) bond motifs is 2. The third kappa shape index (κ3) is 4.74. The highest BCUT2D eigenvalue weighted by molar-refractivity contribution is 6.31. The van der Waals surface area contributed by atoms with Gasteiger partial charge in [0, 0.05) is 51.6 Å². The topological polar surface area (TPSA) is 166 Å². The Bertz CT molecular complexity index is 974. The molecule has 1 aromatic carbocycles. The average Bonchev–Trinajstić information content (AvgIpc) is 2.82. The number of nitrogens with one attached hydrogen (secondary N) is 6. The highest BCUT2D eigenvalue weighted by atomic mass is 16.2. The third-order valence-corrected chi connectivity index (χ3v) is 4.79. The standard InChI is InChI=1S/C20H24N8O4/c1-21-19(31)25-7-5-23-13-3-4-14(24-6-8-26-20(32)22-2)16-15(13)17(29)11-9-27-28-10-12(11)18(16)30/h3-4,9-10,23-24H,5-8H2,1-2H3,(H2,21,25,31)(H2,22,26,32). The minimum absolute atomic E-state index is 0.183. The van der Waals surface area contributed by atoms with Gasteiger partial charge in [0.05, 0.1) is 34.6 Å². The second kappa shape index (κ2) is 10.2. The highest BCUT2D eigenvalue weighted by Crippen LogP contribution is 2.35. The number of nitrogens with zero attached hydrogens (tertiary/aromatic N) is 2. The molecule has 3 rings (SSSR count). The Kier molecular flexibility index (Phi) is 7.16. The van der Waals surface area contributed by atoms with E-state index in [9.17, 15) is 19.2 Å². The van der Waals surface area contributed by atoms with Crippen molar-refractivity contribution in [2.75, 3.05) is 50.9 Å². The summed E-state index contributed by atoms with van der Waals surface area (Å²) in [5, 5.41) is 23.9. The summed E-state index contributed by atoms with van der Waals surface area (Å²) >= 11 is 0. The molecule has 12 heteroatoms. The van der Waals surface area contributed by atoms with E-state index in [2.05, 4.69) is 42.1 Å². The Morgan fingerprint density at radius 3 is 1.50 bits per heavy atom. The number of amides is 4. The minimum atomic E-state index is -0.349. The van der Waals surface area contributed by atoms with Crippen molar-refractivity contribution >= 4 is 35.0 Å². The van der Waals surface area contributed by atoms with Crippen molar-refractivity contribution in [2.45, 2.75) is 0 Å². The van der Waals surface area contributed by atoms with Crippen molar-refractivity contribution in [2.24, 2.45) is 0 Å². The smallest absolute Gasteiger partial charge is 0.314 e. The summed E-state index contributed by atoms with van der Waals surface area (Å²) in [6.07, 6.45) is 2.56. The molecule has 0 aliphatic heterocycles. The second-order valence-electron chi connectivity index (χ2n) is 6.75. The molecule has 0 bridgehead atoms. The van der Waals surface area contributed by atoms with Crippen molar-refractivity contribution in [3.05, 3.63) is 46.8 Å². The van der Waals surface area contributed by atoms with Crippen LogP contribution in [0.25, 0.3) is 0 Å². The monoisotopic (exact) mass is 440 g/mol. The molecule has 1 aromatic heterocycles. The van der Waals surface area contributed by atoms with Crippen LogP contribution >= 0.6 is 0 Å². The van der Waals surface area contributed by atoms with E-state index in [-0.39, 0.29) is 45.9 Å². The number of rotatable bonds is 8. The number of benzene rings is 1. The number of ketones is 2. The van der Waals surface area contributed by atoms with E-state index in [4.69, 9.17) is 0 Å². The first kappa shape index (κ1) is 22.5. The first-order chi connectivity index (χ1) is 15.5. The van der Waals surface area contributed by atoms with Gasteiger partial charge < -0.3 is 31.9 Å². The molecule has 32 heavy (non-hydrogen) atoms. The molecule has 0 saturated carbocycles. The van der Waals surface area contributed by atoms with Crippen LogP contribution in [0.5, 0.6) is 0 Å². The Hall–Kier alpha value is -4.22. The van der Waals surface area contributed by atoms with Crippen LogP contribution in [-0.4, -0.2) is 74.1 Å². The van der Waals surface area contributed by atoms with Gasteiger partial charge in [-0.3, -0.25) is 9.59 Å². The first-order valence-corrected chi connectivity index (χ1v) is 9.94. The van der Waals surface area contributed by atoms with E-state index in [0.717, 1.165) is 0 Å². The molecule has 0 spiro atoms. The van der Waals surface area contributed by atoms with Crippen molar-refractivity contribution in [1.82, 2.24) is 31.5 Å². The molecular formula is C20H24N8O4. The van der Waals surface area contributed by atoms with Crippen LogP contribution in [0, 0.1) is 0 Å². The van der Waals surface area contributed by atoms with Crippen LogP contribution in [0.4, 0.5) is 21.0 Å². The Labute approximate surface area is 183 Å². The van der Waals surface area contributed by atoms with Gasteiger partial charge in [-0.15, -0.1) is 0 Å². The maximum Gasteiger partial charge on any atom is 0.314 e. The second-order valence-corrected chi connectivity index (χ2v) is 6.75. The van der Waals surface area contributed by atoms with Crippen LogP contribution in [0.1, 0.15) is 31.8 Å². The fourth-order valence-electron chi connectivity index (χ4n) is 3.24. The zero-order valence-corrected chi connectivity index (χ0v) is 17.7. The molecule has 0 unspecified atom stereocenters. The number of hydrogen-bond donors (Lipinski definition) is 6. The van der Waals surface area contributed by atoms with Gasteiger partial charge in [0.2, 0.25) is 0 Å². The van der Waals surface area contributed by atoms with E-state index >= 15 is 0 Å². The number of anilines is 2. The number of carbonyl (C=O) groups is 4. The van der Waals surface area contributed by atoms with E-state index < -0.39 is 0 Å². The summed E-state index contributed by atoms with van der Waals surface area (Å²) in [5.41, 5.74) is 1.74. The summed E-state index contributed by atoms with van der Waals surface area (Å²) in [4.78, 5) is 49.1. The summed E-state index contributed by atoms with van der Waals surface area (Å²) in [6, 6.07) is 2.74. The summed E-state index contributed by atoms with van der Waals surface area (Å²) < 4.78 is 0. The van der Waals surface area contributed by atoms with E-state index in [1.807, 2.05) is 0 Å². The molecule has 0 fully saturated rings. The third-order valence-electron chi connectivity index (χ3n) is 4.79. The average molecular weight is 440 g/mol. The molecule has 1 heterocycles. The van der Waals surface area contributed by atoms with Crippen molar-refractivity contribution in [1.29, 1.82) is 0 Å². The lowest BCUT2D eigenvalue weighted by Crippen LogP contribution is -2.36. The Morgan fingerprint density at radius 1 is 0.719 bits per heavy atom. The maximum absolute atomic E-state index is 13.2. The van der Waals surface area contributed by atoms with E-state index in [1.54, 1.807) is 12.1 Å². The van der Waals surface area contributed by atoms with Gasteiger partial charge in [-0.05, 0) is 12.1 Å². The van der Waals surface area contributed by atoms with Crippen molar-refractivity contribution in [3.8, 4) is 0 Å². The van der Waals surface area contributed by atoms with Gasteiger partial charge in [-0.25, -0.2) is 9.59 Å². The van der Waals surface area contributed by atoms with Crippen LogP contribution < -0.4 is 31.9 Å². The molecular weight excluding hydrogens is 416 g/mol. The molecule has 0 saturated heterocycles. The molecule has 1 aliphatic carbocycles. The van der Waals surface area contributed by atoms with Crippen molar-refractivity contribution in [3.63, 3.8) is 0 Å². The number of carbonyl (C=O) groups excluding carboxylic acids is 4. The molecule has 0 atom stereocenters. The molecule has 0 radical (unpaired) electrons. The molecule has 6 N–H and O–H groups in total. The zero-order chi connectivity index (χ0) is 23.1. The SMILES string of the molecule is CNC(=O)NCCNc1ccc(NCCNC(=O)NC)c2c1C(=O)c1cnncc1C2=O. The van der Waals surface area contributed by atoms with Crippen LogP contribution in [0.2, 0.25) is 0 Å². The fourth-order valence-corrected chi connectivity index (χ4v) is 3.24. The van der Waals surface area contributed by atoms with Gasteiger partial charge in [0.15, 0.2) is 11.6 Å². The maximum atomic E-state index is 13.2. The molecule has 4 amide bonds. The summed E-state index contributed by atoms with van der Waals surface area (Å²) in [5.74, 6) is -0.697. The predicted octanol–water partition coefficient (Wildman–Crippen LogP) is -0.0662. The zero-order valence-electron chi connectivity index (χ0n) is 17.7. The van der Waals surface area contributed by atoms with Crippen molar-refractivity contribution < 1.29 is 19.2 Å². The number of urea groups is 2. The van der Waals surface area contributed by atoms with Gasteiger partial charge in [0.1, 0.15) is 0 Å². The van der Waals surface area contributed by atoms with Crippen LogP contribution in [0.15, 0.2) is 24.5 Å². The summed E-state index contributed by atoms with van der Waals surface area (Å²) in [7, 11) is 3.03. The lowest BCUT2D eigenvalue weighted by molar-refractivity contribution is 0.0979. The first-order valence-electron chi connectivity index (χ1n) is 9.94. The van der Waals surface area contributed by atoms with Gasteiger partial charge >= 0.3 is 12.1 Å². The highest BCUT2D eigenvalue weighted by Gasteiger charge is 2.34.